The smallest absolute Gasteiger partial charge is 0.265 e. The van der Waals surface area contributed by atoms with Gasteiger partial charge < -0.3 is 9.64 Å². The fourth-order valence-corrected chi connectivity index (χ4v) is 2.48. The van der Waals surface area contributed by atoms with Gasteiger partial charge in [-0.05, 0) is 32.1 Å². The minimum atomic E-state index is -0.405. The van der Waals surface area contributed by atoms with Crippen molar-refractivity contribution in [1.82, 2.24) is 9.96 Å². The van der Waals surface area contributed by atoms with Crippen molar-refractivity contribution in [2.45, 2.75) is 38.2 Å². The number of ether oxygens (including phenoxy) is 1. The zero-order valence-corrected chi connectivity index (χ0v) is 11.5. The van der Waals surface area contributed by atoms with Crippen LogP contribution in [0.25, 0.3) is 0 Å². The normalized spacial score (nSPS) is 25.3. The third-order valence-corrected chi connectivity index (χ3v) is 3.62. The summed E-state index contributed by atoms with van der Waals surface area (Å²) in [4.78, 5) is 31.2. The minimum Gasteiger partial charge on any atom is -0.372 e. The molecule has 0 aromatic rings. The van der Waals surface area contributed by atoms with E-state index in [4.69, 9.17) is 9.57 Å². The summed E-state index contributed by atoms with van der Waals surface area (Å²) in [5.41, 5.74) is 0. The fraction of sp³-hybridized carbons (Fsp3) is 0.846. The average Bonchev–Trinajstić information content (AvgIpc) is 2.62. The van der Waals surface area contributed by atoms with Gasteiger partial charge in [-0.3, -0.25) is 14.4 Å². The number of carbonyl (C=O) groups excluding carboxylic acids is 2. The summed E-state index contributed by atoms with van der Waals surface area (Å²) < 4.78 is 5.19. The molecule has 2 saturated heterocycles. The van der Waals surface area contributed by atoms with E-state index >= 15 is 0 Å². The first kappa shape index (κ1) is 14.3. The maximum atomic E-state index is 12.2. The summed E-state index contributed by atoms with van der Waals surface area (Å²) in [5.74, 6) is -0.213. The summed E-state index contributed by atoms with van der Waals surface area (Å²) in [7, 11) is 1.54. The van der Waals surface area contributed by atoms with Gasteiger partial charge in [0.1, 0.15) is 12.6 Å². The van der Waals surface area contributed by atoms with E-state index in [1.54, 1.807) is 12.0 Å². The van der Waals surface area contributed by atoms with E-state index in [2.05, 4.69) is 0 Å². The second-order valence-electron chi connectivity index (χ2n) is 5.02. The van der Waals surface area contributed by atoms with Crippen molar-refractivity contribution >= 4 is 11.8 Å². The Morgan fingerprint density at radius 3 is 2.79 bits per heavy atom. The topological polar surface area (TPSA) is 59.1 Å². The van der Waals surface area contributed by atoms with Crippen LogP contribution in [-0.4, -0.2) is 61.2 Å². The predicted molar refractivity (Wildman–Crippen MR) is 68.1 cm³/mol. The van der Waals surface area contributed by atoms with E-state index < -0.39 is 6.10 Å². The number of likely N-dealkylation sites (tertiary alicyclic amines) is 1. The first-order valence-corrected chi connectivity index (χ1v) is 6.97. The van der Waals surface area contributed by atoms with Crippen molar-refractivity contribution in [3.63, 3.8) is 0 Å². The number of hydrogen-bond donors (Lipinski definition) is 0. The Balaban J connectivity index is 1.92. The fourth-order valence-electron chi connectivity index (χ4n) is 2.48. The van der Waals surface area contributed by atoms with Crippen molar-refractivity contribution in [2.24, 2.45) is 0 Å². The van der Waals surface area contributed by atoms with E-state index in [0.29, 0.717) is 19.7 Å². The zero-order chi connectivity index (χ0) is 13.7. The zero-order valence-electron chi connectivity index (χ0n) is 11.5. The summed E-state index contributed by atoms with van der Waals surface area (Å²) in [6.45, 7) is 1.92. The molecule has 0 spiro atoms. The Morgan fingerprint density at radius 1 is 1.32 bits per heavy atom. The SMILES string of the molecule is COC1CCCCN(CC(=O)N2CCCCO2)C1=O. The van der Waals surface area contributed by atoms with Crippen molar-refractivity contribution < 1.29 is 19.2 Å². The Kier molecular flexibility index (Phi) is 5.15. The van der Waals surface area contributed by atoms with Crippen LogP contribution in [0.2, 0.25) is 0 Å². The van der Waals surface area contributed by atoms with Crippen LogP contribution in [0.3, 0.4) is 0 Å². The second kappa shape index (κ2) is 6.86. The van der Waals surface area contributed by atoms with E-state index in [0.717, 1.165) is 32.1 Å². The number of hydrogen-bond acceptors (Lipinski definition) is 4. The van der Waals surface area contributed by atoms with Gasteiger partial charge in [-0.15, -0.1) is 0 Å². The van der Waals surface area contributed by atoms with Gasteiger partial charge in [0.25, 0.3) is 11.8 Å². The minimum absolute atomic E-state index is 0.0784. The molecular weight excluding hydrogens is 248 g/mol. The third-order valence-electron chi connectivity index (χ3n) is 3.62. The second-order valence-corrected chi connectivity index (χ2v) is 5.02. The molecule has 2 heterocycles. The van der Waals surface area contributed by atoms with Gasteiger partial charge in [0.15, 0.2) is 0 Å². The molecule has 0 radical (unpaired) electrons. The van der Waals surface area contributed by atoms with Gasteiger partial charge in [-0.2, -0.15) is 0 Å². The maximum Gasteiger partial charge on any atom is 0.265 e. The molecule has 2 amide bonds. The van der Waals surface area contributed by atoms with Gasteiger partial charge in [0.05, 0.1) is 6.61 Å². The van der Waals surface area contributed by atoms with Crippen LogP contribution in [0.5, 0.6) is 0 Å². The molecule has 0 aromatic carbocycles. The van der Waals surface area contributed by atoms with E-state index in [1.807, 2.05) is 0 Å². The van der Waals surface area contributed by atoms with Crippen molar-refractivity contribution in [1.29, 1.82) is 0 Å². The van der Waals surface area contributed by atoms with E-state index in [9.17, 15) is 9.59 Å². The Labute approximate surface area is 113 Å². The molecule has 0 bridgehead atoms. The standard InChI is InChI=1S/C13H22N2O4/c1-18-11-6-2-3-7-14(13(11)17)10-12(16)15-8-4-5-9-19-15/h11H,2-10H2,1H3. The number of hydroxylamine groups is 2. The number of methoxy groups -OCH3 is 1. The average molecular weight is 270 g/mol. The third kappa shape index (κ3) is 3.67. The quantitative estimate of drug-likeness (QED) is 0.752. The lowest BCUT2D eigenvalue weighted by Crippen LogP contribution is -2.47. The van der Waals surface area contributed by atoms with Crippen LogP contribution in [0.15, 0.2) is 0 Å². The molecular formula is C13H22N2O4. The molecule has 0 saturated carbocycles. The first-order chi connectivity index (χ1) is 9.22. The molecule has 1 unspecified atom stereocenters. The molecule has 19 heavy (non-hydrogen) atoms. The van der Waals surface area contributed by atoms with Crippen molar-refractivity contribution in [3.05, 3.63) is 0 Å². The first-order valence-electron chi connectivity index (χ1n) is 6.97. The highest BCUT2D eigenvalue weighted by Gasteiger charge is 2.29. The molecule has 0 N–H and O–H groups in total. The van der Waals surface area contributed by atoms with Crippen LogP contribution in [0.4, 0.5) is 0 Å². The Morgan fingerprint density at radius 2 is 2.11 bits per heavy atom. The highest BCUT2D eigenvalue weighted by atomic mass is 16.7. The molecule has 1 atom stereocenters. The molecule has 6 heteroatoms. The van der Waals surface area contributed by atoms with Crippen molar-refractivity contribution in [2.75, 3.05) is 33.4 Å². The van der Waals surface area contributed by atoms with Gasteiger partial charge in [0, 0.05) is 20.2 Å². The lowest BCUT2D eigenvalue weighted by molar-refractivity contribution is -0.198. The lowest BCUT2D eigenvalue weighted by Gasteiger charge is -2.29. The van der Waals surface area contributed by atoms with Crippen LogP contribution < -0.4 is 0 Å². The molecule has 2 aliphatic rings. The predicted octanol–water partition coefficient (Wildman–Crippen LogP) is 0.568. The summed E-state index contributed by atoms with van der Waals surface area (Å²) in [5, 5.41) is 1.39. The number of amides is 2. The highest BCUT2D eigenvalue weighted by molar-refractivity contribution is 5.86. The number of carbonyl (C=O) groups is 2. The molecule has 108 valence electrons. The number of rotatable bonds is 3. The van der Waals surface area contributed by atoms with Crippen molar-refractivity contribution in [3.8, 4) is 0 Å². The summed E-state index contributed by atoms with van der Waals surface area (Å²) >= 11 is 0. The van der Waals surface area contributed by atoms with Gasteiger partial charge >= 0.3 is 0 Å². The highest BCUT2D eigenvalue weighted by Crippen LogP contribution is 2.15. The maximum absolute atomic E-state index is 12.2. The Bertz CT molecular complexity index is 329. The summed E-state index contributed by atoms with van der Waals surface area (Å²) in [6.07, 6.45) is 4.14. The van der Waals surface area contributed by atoms with Crippen LogP contribution in [0, 0.1) is 0 Å². The Hall–Kier alpha value is -1.14. The molecule has 2 rings (SSSR count). The monoisotopic (exact) mass is 270 g/mol. The van der Waals surface area contributed by atoms with E-state index in [1.165, 1.54) is 5.06 Å². The molecule has 2 fully saturated rings. The summed E-state index contributed by atoms with van der Waals surface area (Å²) in [6, 6.07) is 0. The van der Waals surface area contributed by atoms with E-state index in [-0.39, 0.29) is 18.4 Å². The lowest BCUT2D eigenvalue weighted by atomic mass is 10.2. The van der Waals surface area contributed by atoms with Crippen LogP contribution in [-0.2, 0) is 19.2 Å². The van der Waals surface area contributed by atoms with Gasteiger partial charge in [-0.25, -0.2) is 5.06 Å². The van der Waals surface area contributed by atoms with Crippen LogP contribution in [0.1, 0.15) is 32.1 Å². The van der Waals surface area contributed by atoms with Crippen LogP contribution >= 0.6 is 0 Å². The largest absolute Gasteiger partial charge is 0.372 e. The molecule has 6 nitrogen and oxygen atoms in total. The molecule has 0 aromatic heterocycles. The number of nitrogens with zero attached hydrogens (tertiary/aromatic N) is 2. The van der Waals surface area contributed by atoms with Gasteiger partial charge in [-0.1, -0.05) is 0 Å². The molecule has 2 aliphatic heterocycles. The van der Waals surface area contributed by atoms with Gasteiger partial charge in [0.2, 0.25) is 0 Å². The molecule has 0 aliphatic carbocycles.